The number of nitrogens with zero attached hydrogens (tertiary/aromatic N) is 2. The number of methoxy groups -OCH3 is 1. The van der Waals surface area contributed by atoms with Crippen molar-refractivity contribution in [2.24, 2.45) is 5.73 Å². The monoisotopic (exact) mass is 297 g/mol. The van der Waals surface area contributed by atoms with Crippen LogP contribution in [0.2, 0.25) is 0 Å². The number of hydrogen-bond donors (Lipinski definition) is 1. The van der Waals surface area contributed by atoms with Crippen LogP contribution < -0.4 is 20.3 Å². The summed E-state index contributed by atoms with van der Waals surface area (Å²) in [5, 5.41) is 0. The van der Waals surface area contributed by atoms with E-state index in [2.05, 4.69) is 60.3 Å². The number of nitrogens with two attached hydrogens (primary N) is 1. The van der Waals surface area contributed by atoms with E-state index < -0.39 is 0 Å². The number of benzene rings is 2. The standard InChI is InChI=1S/C18H23N3O/c1-20(2)14-5-4-6-15(9-14)21-12-13-7-8-16(22-3)10-17(13)18(21)11-19/h4-10,18H,11-12,19H2,1-3H3. The van der Waals surface area contributed by atoms with Crippen LogP contribution >= 0.6 is 0 Å². The van der Waals surface area contributed by atoms with Crippen molar-refractivity contribution >= 4 is 11.4 Å². The maximum absolute atomic E-state index is 6.07. The molecule has 22 heavy (non-hydrogen) atoms. The van der Waals surface area contributed by atoms with Crippen LogP contribution in [0, 0.1) is 0 Å². The van der Waals surface area contributed by atoms with E-state index in [0.717, 1.165) is 12.3 Å². The summed E-state index contributed by atoms with van der Waals surface area (Å²) < 4.78 is 5.36. The average Bonchev–Trinajstić information content (AvgIpc) is 2.92. The molecule has 116 valence electrons. The minimum Gasteiger partial charge on any atom is -0.497 e. The van der Waals surface area contributed by atoms with Crippen LogP contribution in [0.4, 0.5) is 11.4 Å². The largest absolute Gasteiger partial charge is 0.497 e. The highest BCUT2D eigenvalue weighted by Crippen LogP contribution is 2.39. The van der Waals surface area contributed by atoms with Gasteiger partial charge in [0.2, 0.25) is 0 Å². The second-order valence-electron chi connectivity index (χ2n) is 5.86. The Labute approximate surface area is 132 Å². The molecular weight excluding hydrogens is 274 g/mol. The van der Waals surface area contributed by atoms with Crippen LogP contribution in [-0.4, -0.2) is 27.7 Å². The van der Waals surface area contributed by atoms with E-state index in [4.69, 9.17) is 10.5 Å². The van der Waals surface area contributed by atoms with Gasteiger partial charge in [0.15, 0.2) is 0 Å². The van der Waals surface area contributed by atoms with Crippen molar-refractivity contribution in [3.05, 3.63) is 53.6 Å². The van der Waals surface area contributed by atoms with Crippen LogP contribution in [0.15, 0.2) is 42.5 Å². The fraction of sp³-hybridized carbons (Fsp3) is 0.333. The Kier molecular flexibility index (Phi) is 3.94. The van der Waals surface area contributed by atoms with E-state index in [1.165, 1.54) is 22.5 Å². The number of ether oxygens (including phenoxy) is 1. The van der Waals surface area contributed by atoms with Gasteiger partial charge in [-0.15, -0.1) is 0 Å². The zero-order valence-corrected chi connectivity index (χ0v) is 13.4. The predicted molar refractivity (Wildman–Crippen MR) is 91.7 cm³/mol. The summed E-state index contributed by atoms with van der Waals surface area (Å²) in [6, 6.07) is 15.1. The fourth-order valence-electron chi connectivity index (χ4n) is 3.09. The molecule has 0 aromatic heterocycles. The summed E-state index contributed by atoms with van der Waals surface area (Å²) in [5.74, 6) is 0.890. The third kappa shape index (κ3) is 2.50. The second-order valence-corrected chi connectivity index (χ2v) is 5.86. The van der Waals surface area contributed by atoms with Gasteiger partial charge in [0.25, 0.3) is 0 Å². The van der Waals surface area contributed by atoms with Gasteiger partial charge in [-0.1, -0.05) is 12.1 Å². The molecule has 0 saturated carbocycles. The maximum Gasteiger partial charge on any atom is 0.119 e. The molecule has 3 rings (SSSR count). The van der Waals surface area contributed by atoms with E-state index >= 15 is 0 Å². The lowest BCUT2D eigenvalue weighted by molar-refractivity contribution is 0.414. The minimum atomic E-state index is 0.197. The van der Waals surface area contributed by atoms with Gasteiger partial charge in [-0.2, -0.15) is 0 Å². The van der Waals surface area contributed by atoms with E-state index in [1.54, 1.807) is 7.11 Å². The lowest BCUT2D eigenvalue weighted by Crippen LogP contribution is -2.27. The first-order chi connectivity index (χ1) is 10.6. The first kappa shape index (κ1) is 14.7. The lowest BCUT2D eigenvalue weighted by Gasteiger charge is -2.27. The first-order valence-electron chi connectivity index (χ1n) is 7.55. The quantitative estimate of drug-likeness (QED) is 0.942. The molecule has 2 aromatic carbocycles. The summed E-state index contributed by atoms with van der Waals surface area (Å²) in [6.07, 6.45) is 0. The van der Waals surface area contributed by atoms with Gasteiger partial charge < -0.3 is 20.3 Å². The van der Waals surface area contributed by atoms with Crippen molar-refractivity contribution in [3.63, 3.8) is 0 Å². The molecule has 0 saturated heterocycles. The van der Waals surface area contributed by atoms with Gasteiger partial charge in [-0.05, 0) is 41.5 Å². The molecule has 1 atom stereocenters. The van der Waals surface area contributed by atoms with E-state index in [0.29, 0.717) is 6.54 Å². The Morgan fingerprint density at radius 1 is 1.23 bits per heavy atom. The number of fused-ring (bicyclic) bond motifs is 1. The van der Waals surface area contributed by atoms with Crippen molar-refractivity contribution in [1.82, 2.24) is 0 Å². The second kappa shape index (κ2) is 5.89. The van der Waals surface area contributed by atoms with E-state index in [1.807, 2.05) is 6.07 Å². The molecule has 2 N–H and O–H groups in total. The van der Waals surface area contributed by atoms with E-state index in [-0.39, 0.29) is 6.04 Å². The van der Waals surface area contributed by atoms with Crippen molar-refractivity contribution in [3.8, 4) is 5.75 Å². The molecule has 1 heterocycles. The van der Waals surface area contributed by atoms with Crippen LogP contribution in [0.25, 0.3) is 0 Å². The number of hydrogen-bond acceptors (Lipinski definition) is 4. The average molecular weight is 297 g/mol. The van der Waals surface area contributed by atoms with Crippen LogP contribution in [-0.2, 0) is 6.54 Å². The summed E-state index contributed by atoms with van der Waals surface area (Å²) in [6.45, 7) is 1.48. The van der Waals surface area contributed by atoms with Gasteiger partial charge in [0.05, 0.1) is 13.2 Å². The summed E-state index contributed by atoms with van der Waals surface area (Å²) >= 11 is 0. The highest BCUT2D eigenvalue weighted by atomic mass is 16.5. The van der Waals surface area contributed by atoms with Crippen molar-refractivity contribution < 1.29 is 4.74 Å². The first-order valence-corrected chi connectivity index (χ1v) is 7.55. The zero-order valence-electron chi connectivity index (χ0n) is 13.4. The molecule has 4 nitrogen and oxygen atoms in total. The molecule has 0 spiro atoms. The molecule has 1 aliphatic heterocycles. The molecule has 0 bridgehead atoms. The highest BCUT2D eigenvalue weighted by Gasteiger charge is 2.29. The molecule has 0 radical (unpaired) electrons. The minimum absolute atomic E-state index is 0.197. The Balaban J connectivity index is 1.97. The van der Waals surface area contributed by atoms with Gasteiger partial charge in [0.1, 0.15) is 5.75 Å². The molecular formula is C18H23N3O. The van der Waals surface area contributed by atoms with Crippen LogP contribution in [0.3, 0.4) is 0 Å². The van der Waals surface area contributed by atoms with Gasteiger partial charge >= 0.3 is 0 Å². The number of rotatable bonds is 4. The van der Waals surface area contributed by atoms with E-state index in [9.17, 15) is 0 Å². The Morgan fingerprint density at radius 3 is 2.73 bits per heavy atom. The summed E-state index contributed by atoms with van der Waals surface area (Å²) in [4.78, 5) is 4.49. The SMILES string of the molecule is COc1ccc2c(c1)C(CN)N(c1cccc(N(C)C)c1)C2. The van der Waals surface area contributed by atoms with Crippen molar-refractivity contribution in [1.29, 1.82) is 0 Å². The Morgan fingerprint density at radius 2 is 2.05 bits per heavy atom. The maximum atomic E-state index is 6.07. The molecule has 2 aromatic rings. The lowest BCUT2D eigenvalue weighted by atomic mass is 10.0. The predicted octanol–water partition coefficient (Wildman–Crippen LogP) is 2.78. The molecule has 0 amide bonds. The summed E-state index contributed by atoms with van der Waals surface area (Å²) in [5.41, 5.74) is 11.1. The number of anilines is 2. The van der Waals surface area contributed by atoms with Crippen LogP contribution in [0.1, 0.15) is 17.2 Å². The summed E-state index contributed by atoms with van der Waals surface area (Å²) in [7, 11) is 5.82. The molecule has 0 aliphatic carbocycles. The molecule has 0 fully saturated rings. The highest BCUT2D eigenvalue weighted by molar-refractivity contribution is 5.62. The van der Waals surface area contributed by atoms with Gasteiger partial charge in [0, 0.05) is 38.6 Å². The fourth-order valence-corrected chi connectivity index (χ4v) is 3.09. The third-order valence-corrected chi connectivity index (χ3v) is 4.33. The molecule has 1 aliphatic rings. The van der Waals surface area contributed by atoms with Crippen LogP contribution in [0.5, 0.6) is 5.75 Å². The topological polar surface area (TPSA) is 41.7 Å². The van der Waals surface area contributed by atoms with Crippen molar-refractivity contribution in [2.75, 3.05) is 37.5 Å². The van der Waals surface area contributed by atoms with Gasteiger partial charge in [-0.3, -0.25) is 0 Å². The normalized spacial score (nSPS) is 16.5. The Hall–Kier alpha value is -2.20. The third-order valence-electron chi connectivity index (χ3n) is 4.33. The smallest absolute Gasteiger partial charge is 0.119 e. The van der Waals surface area contributed by atoms with Crippen molar-refractivity contribution in [2.45, 2.75) is 12.6 Å². The molecule has 4 heteroatoms. The zero-order chi connectivity index (χ0) is 15.7. The Bertz CT molecular complexity index is 669. The molecule has 1 unspecified atom stereocenters. The van der Waals surface area contributed by atoms with Gasteiger partial charge in [-0.25, -0.2) is 0 Å².